The normalized spacial score (nSPS) is 10.8. The monoisotopic (exact) mass is 403 g/mol. The van der Waals surface area contributed by atoms with Gasteiger partial charge < -0.3 is 15.4 Å². The molecule has 0 radical (unpaired) electrons. The zero-order valence-corrected chi connectivity index (χ0v) is 16.4. The van der Waals surface area contributed by atoms with Gasteiger partial charge in [0, 0.05) is 16.8 Å². The number of anilines is 3. The Morgan fingerprint density at radius 3 is 2.36 bits per heavy atom. The minimum Gasteiger partial charge on any atom is -0.435 e. The van der Waals surface area contributed by atoms with Gasteiger partial charge in [-0.1, -0.05) is 17.7 Å². The summed E-state index contributed by atoms with van der Waals surface area (Å²) in [4.78, 5) is 16.8. The van der Waals surface area contributed by atoms with Crippen LogP contribution in [0.25, 0.3) is 0 Å². The third kappa shape index (κ3) is 4.83. The van der Waals surface area contributed by atoms with Crippen molar-refractivity contribution in [2.75, 3.05) is 10.6 Å². The molecule has 0 fully saturated rings. The van der Waals surface area contributed by atoms with Gasteiger partial charge in [-0.25, -0.2) is 4.98 Å². The third-order valence-electron chi connectivity index (χ3n) is 3.98. The molecule has 0 aliphatic rings. The Hall–Kier alpha value is -3.00. The maximum Gasteiger partial charge on any atom is 0.387 e. The molecule has 8 heteroatoms. The highest BCUT2D eigenvalue weighted by molar-refractivity contribution is 7.14. The summed E-state index contributed by atoms with van der Waals surface area (Å²) in [6, 6.07) is 10.1. The van der Waals surface area contributed by atoms with Gasteiger partial charge in [-0.3, -0.25) is 4.79 Å². The van der Waals surface area contributed by atoms with Crippen LogP contribution in [0.2, 0.25) is 0 Å². The molecule has 1 heterocycles. The highest BCUT2D eigenvalue weighted by Gasteiger charge is 2.14. The zero-order chi connectivity index (χ0) is 20.3. The molecule has 0 unspecified atom stereocenters. The standard InChI is InChI=1S/C20H19F2N3O2S/c1-11-8-12(2)17(13(3)9-11)25-18(26)16-10-28-20(24-16)23-14-4-6-15(7-5-14)27-19(21)22/h4-10,19H,1-3H3,(H,23,24)(H,25,26). The van der Waals surface area contributed by atoms with E-state index in [4.69, 9.17) is 0 Å². The first-order valence-electron chi connectivity index (χ1n) is 8.48. The van der Waals surface area contributed by atoms with Gasteiger partial charge in [0.15, 0.2) is 5.13 Å². The first kappa shape index (κ1) is 19.8. The molecule has 0 aliphatic carbocycles. The second-order valence-electron chi connectivity index (χ2n) is 6.29. The van der Waals surface area contributed by atoms with Crippen LogP contribution < -0.4 is 15.4 Å². The smallest absolute Gasteiger partial charge is 0.387 e. The van der Waals surface area contributed by atoms with Gasteiger partial charge in [0.2, 0.25) is 0 Å². The Morgan fingerprint density at radius 2 is 1.75 bits per heavy atom. The van der Waals surface area contributed by atoms with Crippen LogP contribution in [0.3, 0.4) is 0 Å². The van der Waals surface area contributed by atoms with Crippen LogP contribution in [0.15, 0.2) is 41.8 Å². The van der Waals surface area contributed by atoms with Crippen LogP contribution in [0.1, 0.15) is 27.2 Å². The van der Waals surface area contributed by atoms with Gasteiger partial charge >= 0.3 is 6.61 Å². The largest absolute Gasteiger partial charge is 0.435 e. The van der Waals surface area contributed by atoms with Crippen LogP contribution >= 0.6 is 11.3 Å². The van der Waals surface area contributed by atoms with Crippen LogP contribution in [-0.2, 0) is 0 Å². The quantitative estimate of drug-likeness (QED) is 0.557. The summed E-state index contributed by atoms with van der Waals surface area (Å²) >= 11 is 1.27. The Morgan fingerprint density at radius 1 is 1.11 bits per heavy atom. The molecule has 146 valence electrons. The number of thiazole rings is 1. The maximum atomic E-state index is 12.5. The van der Waals surface area contributed by atoms with Crippen LogP contribution in [-0.4, -0.2) is 17.5 Å². The van der Waals surface area contributed by atoms with Crippen molar-refractivity contribution in [3.05, 3.63) is 64.2 Å². The summed E-state index contributed by atoms with van der Waals surface area (Å²) in [5, 5.41) is 8.13. The van der Waals surface area contributed by atoms with E-state index in [1.165, 1.54) is 23.5 Å². The molecule has 2 N–H and O–H groups in total. The van der Waals surface area contributed by atoms with Crippen LogP contribution in [0.5, 0.6) is 5.75 Å². The number of aromatic nitrogens is 1. The van der Waals surface area contributed by atoms with Crippen LogP contribution in [0, 0.1) is 20.8 Å². The van der Waals surface area contributed by atoms with Gasteiger partial charge in [-0.15, -0.1) is 11.3 Å². The van der Waals surface area contributed by atoms with Gasteiger partial charge in [0.25, 0.3) is 5.91 Å². The summed E-state index contributed by atoms with van der Waals surface area (Å²) in [6.07, 6.45) is 0. The lowest BCUT2D eigenvalue weighted by Gasteiger charge is -2.12. The summed E-state index contributed by atoms with van der Waals surface area (Å²) in [7, 11) is 0. The van der Waals surface area contributed by atoms with Gasteiger partial charge in [-0.05, 0) is 56.2 Å². The number of halogens is 2. The minimum atomic E-state index is -2.86. The lowest BCUT2D eigenvalue weighted by atomic mass is 10.1. The van der Waals surface area contributed by atoms with E-state index in [2.05, 4.69) is 20.4 Å². The van der Waals surface area contributed by atoms with Crippen molar-refractivity contribution in [1.29, 1.82) is 0 Å². The topological polar surface area (TPSA) is 63.2 Å². The third-order valence-corrected chi connectivity index (χ3v) is 4.74. The van der Waals surface area contributed by atoms with Crippen molar-refractivity contribution in [3.8, 4) is 5.75 Å². The van der Waals surface area contributed by atoms with Crippen molar-refractivity contribution in [1.82, 2.24) is 4.98 Å². The second-order valence-corrected chi connectivity index (χ2v) is 7.15. The molecule has 0 saturated heterocycles. The number of alkyl halides is 2. The maximum absolute atomic E-state index is 12.5. The highest BCUT2D eigenvalue weighted by atomic mass is 32.1. The van der Waals surface area contributed by atoms with E-state index in [-0.39, 0.29) is 11.7 Å². The molecular formula is C20H19F2N3O2S. The summed E-state index contributed by atoms with van der Waals surface area (Å²) in [6.45, 7) is 3.05. The number of amides is 1. The molecule has 1 amide bonds. The molecule has 3 rings (SSSR count). The van der Waals surface area contributed by atoms with Crippen molar-refractivity contribution >= 4 is 33.8 Å². The fourth-order valence-electron chi connectivity index (χ4n) is 2.83. The lowest BCUT2D eigenvalue weighted by molar-refractivity contribution is -0.0498. The lowest BCUT2D eigenvalue weighted by Crippen LogP contribution is -2.14. The average molecular weight is 403 g/mol. The van der Waals surface area contributed by atoms with E-state index in [1.807, 2.05) is 32.9 Å². The number of nitrogens with zero attached hydrogens (tertiary/aromatic N) is 1. The van der Waals surface area contributed by atoms with Gasteiger partial charge in [0.05, 0.1) is 0 Å². The molecular weight excluding hydrogens is 384 g/mol. The van der Waals surface area contributed by atoms with Gasteiger partial charge in [0.1, 0.15) is 11.4 Å². The predicted molar refractivity (Wildman–Crippen MR) is 107 cm³/mol. The Bertz CT molecular complexity index is 964. The average Bonchev–Trinajstić information content (AvgIpc) is 3.08. The van der Waals surface area contributed by atoms with Gasteiger partial charge in [-0.2, -0.15) is 8.78 Å². The van der Waals surface area contributed by atoms with E-state index < -0.39 is 6.61 Å². The Balaban J connectivity index is 1.67. The fraction of sp³-hybridized carbons (Fsp3) is 0.200. The molecule has 3 aromatic rings. The molecule has 0 spiro atoms. The van der Waals surface area contributed by atoms with Crippen molar-refractivity contribution < 1.29 is 18.3 Å². The van der Waals surface area contributed by atoms with E-state index in [9.17, 15) is 13.6 Å². The number of aryl methyl sites for hydroxylation is 3. The summed E-state index contributed by atoms with van der Waals surface area (Å²) in [5.41, 5.74) is 4.85. The number of carbonyl (C=O) groups excluding carboxylic acids is 1. The van der Waals surface area contributed by atoms with Crippen molar-refractivity contribution in [3.63, 3.8) is 0 Å². The Labute approximate surface area is 165 Å². The van der Waals surface area contributed by atoms with E-state index >= 15 is 0 Å². The SMILES string of the molecule is Cc1cc(C)c(NC(=O)c2csc(Nc3ccc(OC(F)F)cc3)n2)c(C)c1. The molecule has 0 atom stereocenters. The second kappa shape index (κ2) is 8.35. The molecule has 28 heavy (non-hydrogen) atoms. The first-order valence-corrected chi connectivity index (χ1v) is 9.36. The molecule has 0 aliphatic heterocycles. The number of rotatable bonds is 6. The zero-order valence-electron chi connectivity index (χ0n) is 15.5. The summed E-state index contributed by atoms with van der Waals surface area (Å²) < 4.78 is 28.7. The number of carbonyl (C=O) groups is 1. The molecule has 0 saturated carbocycles. The number of nitrogens with one attached hydrogen (secondary N) is 2. The molecule has 1 aromatic heterocycles. The fourth-order valence-corrected chi connectivity index (χ4v) is 3.54. The van der Waals surface area contributed by atoms with Crippen molar-refractivity contribution in [2.45, 2.75) is 27.4 Å². The minimum absolute atomic E-state index is 0.0728. The number of ether oxygens (including phenoxy) is 1. The first-order chi connectivity index (χ1) is 13.3. The van der Waals surface area contributed by atoms with E-state index in [1.54, 1.807) is 17.5 Å². The van der Waals surface area contributed by atoms with Crippen LogP contribution in [0.4, 0.5) is 25.3 Å². The Kier molecular flexibility index (Phi) is 5.89. The molecule has 2 aromatic carbocycles. The number of benzene rings is 2. The van der Waals surface area contributed by atoms with Crippen molar-refractivity contribution in [2.24, 2.45) is 0 Å². The number of hydrogen-bond acceptors (Lipinski definition) is 5. The molecule has 5 nitrogen and oxygen atoms in total. The predicted octanol–water partition coefficient (Wildman–Crippen LogP) is 5.67. The number of hydrogen-bond donors (Lipinski definition) is 2. The summed E-state index contributed by atoms with van der Waals surface area (Å²) in [5.74, 6) is -0.219. The van der Waals surface area contributed by atoms with E-state index in [0.29, 0.717) is 16.5 Å². The highest BCUT2D eigenvalue weighted by Crippen LogP contribution is 2.26. The van der Waals surface area contributed by atoms with E-state index in [0.717, 1.165) is 22.4 Å². The molecule has 0 bridgehead atoms.